The summed E-state index contributed by atoms with van der Waals surface area (Å²) in [6.45, 7) is 1.82. The van der Waals surface area contributed by atoms with Crippen molar-refractivity contribution in [2.24, 2.45) is 0 Å². The van der Waals surface area contributed by atoms with E-state index in [4.69, 9.17) is 4.74 Å². The minimum Gasteiger partial charge on any atom is -0.466 e. The quantitative estimate of drug-likeness (QED) is 0.724. The highest BCUT2D eigenvalue weighted by Crippen LogP contribution is 2.34. The fourth-order valence-electron chi connectivity index (χ4n) is 2.31. The van der Waals surface area contributed by atoms with Gasteiger partial charge < -0.3 is 4.74 Å². The molecule has 3 rings (SSSR count). The molecule has 114 valence electrons. The van der Waals surface area contributed by atoms with Crippen molar-refractivity contribution in [3.63, 3.8) is 0 Å². The van der Waals surface area contributed by atoms with Crippen molar-refractivity contribution in [2.75, 3.05) is 7.11 Å². The van der Waals surface area contributed by atoms with Crippen LogP contribution in [0.3, 0.4) is 0 Å². The average Bonchev–Trinajstić information content (AvgIpc) is 2.89. The summed E-state index contributed by atoms with van der Waals surface area (Å²) in [4.78, 5) is 4.21. The van der Waals surface area contributed by atoms with Gasteiger partial charge in [0, 0.05) is 11.8 Å². The number of halogens is 3. The predicted octanol–water partition coefficient (Wildman–Crippen LogP) is 3.73. The molecule has 0 aliphatic carbocycles. The van der Waals surface area contributed by atoms with E-state index < -0.39 is 11.7 Å². The number of rotatable bonds is 2. The molecule has 1 aromatic carbocycles. The van der Waals surface area contributed by atoms with Gasteiger partial charge in [0.25, 0.3) is 0 Å². The summed E-state index contributed by atoms with van der Waals surface area (Å²) in [6, 6.07) is 7.11. The van der Waals surface area contributed by atoms with Crippen LogP contribution >= 0.6 is 0 Å². The number of hydrogen-bond acceptors (Lipinski definition) is 3. The van der Waals surface area contributed by atoms with Crippen molar-refractivity contribution in [1.29, 1.82) is 0 Å². The molecule has 0 bridgehead atoms. The van der Waals surface area contributed by atoms with Gasteiger partial charge in [-0.15, -0.1) is 5.10 Å². The molecule has 0 amide bonds. The highest BCUT2D eigenvalue weighted by molar-refractivity contribution is 5.80. The lowest BCUT2D eigenvalue weighted by Crippen LogP contribution is -2.04. The summed E-state index contributed by atoms with van der Waals surface area (Å²) in [5, 5.41) is 4.09. The summed E-state index contributed by atoms with van der Waals surface area (Å²) in [5.74, 6) is 0. The van der Waals surface area contributed by atoms with E-state index in [-0.39, 0.29) is 6.01 Å². The van der Waals surface area contributed by atoms with Crippen LogP contribution in [-0.2, 0) is 6.18 Å². The Morgan fingerprint density at radius 2 is 1.95 bits per heavy atom. The third-order valence-corrected chi connectivity index (χ3v) is 3.36. The number of pyridine rings is 1. The highest BCUT2D eigenvalue weighted by atomic mass is 19.4. The van der Waals surface area contributed by atoms with Gasteiger partial charge in [0.05, 0.1) is 12.7 Å². The van der Waals surface area contributed by atoms with E-state index in [1.165, 1.54) is 17.7 Å². The van der Waals surface area contributed by atoms with Crippen molar-refractivity contribution in [3.8, 4) is 17.1 Å². The largest absolute Gasteiger partial charge is 0.466 e. The average molecular weight is 307 g/mol. The van der Waals surface area contributed by atoms with E-state index in [0.29, 0.717) is 16.8 Å². The monoisotopic (exact) mass is 307 g/mol. The molecule has 0 fully saturated rings. The van der Waals surface area contributed by atoms with Gasteiger partial charge in [-0.05, 0) is 36.2 Å². The molecule has 0 unspecified atom stereocenters. The molecule has 2 aromatic heterocycles. The van der Waals surface area contributed by atoms with Crippen molar-refractivity contribution in [3.05, 3.63) is 47.7 Å². The number of methoxy groups -OCH3 is 1. The molecule has 4 nitrogen and oxygen atoms in total. The number of ether oxygens (including phenoxy) is 1. The maximum Gasteiger partial charge on any atom is 0.416 e. The lowest BCUT2D eigenvalue weighted by Gasteiger charge is -2.11. The molecule has 0 atom stereocenters. The molecule has 22 heavy (non-hydrogen) atoms. The van der Waals surface area contributed by atoms with Crippen LogP contribution in [0.1, 0.15) is 11.1 Å². The van der Waals surface area contributed by atoms with Gasteiger partial charge in [-0.3, -0.25) is 0 Å². The highest BCUT2D eigenvalue weighted by Gasteiger charge is 2.30. The molecule has 0 radical (unpaired) electrons. The number of hydrogen-bond donors (Lipinski definition) is 0. The van der Waals surface area contributed by atoms with Gasteiger partial charge in [-0.1, -0.05) is 12.1 Å². The van der Waals surface area contributed by atoms with Gasteiger partial charge >= 0.3 is 12.2 Å². The van der Waals surface area contributed by atoms with E-state index in [0.717, 1.165) is 17.7 Å². The van der Waals surface area contributed by atoms with Crippen LogP contribution < -0.4 is 4.74 Å². The number of alkyl halides is 3. The fraction of sp³-hybridized carbons (Fsp3) is 0.200. The Labute approximate surface area is 124 Å². The summed E-state index contributed by atoms with van der Waals surface area (Å²) >= 11 is 0. The van der Waals surface area contributed by atoms with Crippen molar-refractivity contribution in [1.82, 2.24) is 14.6 Å². The van der Waals surface area contributed by atoms with E-state index in [1.807, 2.05) is 6.92 Å². The van der Waals surface area contributed by atoms with Crippen LogP contribution in [0.4, 0.5) is 13.2 Å². The summed E-state index contributed by atoms with van der Waals surface area (Å²) in [6.07, 6.45) is -2.70. The standard InChI is InChI=1S/C15H12F3N3O/c1-9-6-7-21-13(19-14(20-21)22-2)12(9)10-4-3-5-11(8-10)15(16,17)18/h3-8H,1-2H3. The van der Waals surface area contributed by atoms with Crippen LogP contribution in [0.2, 0.25) is 0 Å². The van der Waals surface area contributed by atoms with Crippen molar-refractivity contribution >= 4 is 5.65 Å². The van der Waals surface area contributed by atoms with Crippen molar-refractivity contribution < 1.29 is 17.9 Å². The van der Waals surface area contributed by atoms with Gasteiger partial charge in [0.2, 0.25) is 0 Å². The Hall–Kier alpha value is -2.57. The number of aromatic nitrogens is 3. The van der Waals surface area contributed by atoms with Gasteiger partial charge in [-0.25, -0.2) is 4.52 Å². The lowest BCUT2D eigenvalue weighted by atomic mass is 10.00. The molecule has 0 saturated carbocycles. The molecule has 7 heteroatoms. The van der Waals surface area contributed by atoms with E-state index in [2.05, 4.69) is 10.1 Å². The zero-order valence-corrected chi connectivity index (χ0v) is 11.8. The Morgan fingerprint density at radius 1 is 1.18 bits per heavy atom. The molecule has 3 aromatic rings. The van der Waals surface area contributed by atoms with E-state index >= 15 is 0 Å². The zero-order valence-electron chi connectivity index (χ0n) is 11.8. The van der Waals surface area contributed by atoms with Gasteiger partial charge in [0.15, 0.2) is 5.65 Å². The molecule has 0 saturated heterocycles. The van der Waals surface area contributed by atoms with Gasteiger partial charge in [0.1, 0.15) is 0 Å². The first-order valence-corrected chi connectivity index (χ1v) is 6.48. The number of fused-ring (bicyclic) bond motifs is 1. The molecule has 2 heterocycles. The summed E-state index contributed by atoms with van der Waals surface area (Å²) in [7, 11) is 1.44. The number of nitrogens with zero attached hydrogens (tertiary/aromatic N) is 3. The smallest absolute Gasteiger partial charge is 0.416 e. The lowest BCUT2D eigenvalue weighted by molar-refractivity contribution is -0.137. The van der Waals surface area contributed by atoms with E-state index in [1.54, 1.807) is 18.3 Å². The summed E-state index contributed by atoms with van der Waals surface area (Å²) in [5.41, 5.74) is 1.60. The zero-order chi connectivity index (χ0) is 15.9. The maximum absolute atomic E-state index is 12.9. The van der Waals surface area contributed by atoms with Crippen LogP contribution in [0.15, 0.2) is 36.5 Å². The Kier molecular flexibility index (Phi) is 3.27. The van der Waals surface area contributed by atoms with E-state index in [9.17, 15) is 13.2 Å². The minimum atomic E-state index is -4.39. The number of aryl methyl sites for hydroxylation is 1. The van der Waals surface area contributed by atoms with Crippen molar-refractivity contribution in [2.45, 2.75) is 13.1 Å². The SMILES string of the molecule is COc1nc2c(-c3cccc(C(F)(F)F)c3)c(C)ccn2n1. The second kappa shape index (κ2) is 5.01. The molecule has 0 aliphatic heterocycles. The van der Waals surface area contributed by atoms with Crippen LogP contribution in [0.5, 0.6) is 6.01 Å². The molecule has 0 spiro atoms. The van der Waals surface area contributed by atoms with Gasteiger partial charge in [-0.2, -0.15) is 18.2 Å². The Balaban J connectivity index is 2.25. The second-order valence-electron chi connectivity index (χ2n) is 4.82. The van der Waals surface area contributed by atoms with Crippen LogP contribution in [0, 0.1) is 6.92 Å². The molecule has 0 N–H and O–H groups in total. The molecule has 0 aliphatic rings. The maximum atomic E-state index is 12.9. The first-order chi connectivity index (χ1) is 10.4. The normalized spacial score (nSPS) is 11.9. The van der Waals surface area contributed by atoms with Crippen LogP contribution in [0.25, 0.3) is 16.8 Å². The topological polar surface area (TPSA) is 39.4 Å². The minimum absolute atomic E-state index is 0.166. The third kappa shape index (κ3) is 2.38. The Morgan fingerprint density at radius 3 is 2.64 bits per heavy atom. The third-order valence-electron chi connectivity index (χ3n) is 3.36. The molecular formula is C15H12F3N3O. The van der Waals surface area contributed by atoms with Crippen LogP contribution in [-0.4, -0.2) is 21.7 Å². The first kappa shape index (κ1) is 14.4. The number of benzene rings is 1. The fourth-order valence-corrected chi connectivity index (χ4v) is 2.31. The predicted molar refractivity (Wildman–Crippen MR) is 74.7 cm³/mol. The molecular weight excluding hydrogens is 295 g/mol. The Bertz CT molecular complexity index is 840. The summed E-state index contributed by atoms with van der Waals surface area (Å²) < 4.78 is 45.2. The second-order valence-corrected chi connectivity index (χ2v) is 4.82. The first-order valence-electron chi connectivity index (χ1n) is 6.48.